The summed E-state index contributed by atoms with van der Waals surface area (Å²) in [6.45, 7) is 0.864. The Balaban J connectivity index is 1.82. The molecule has 1 fully saturated rings. The summed E-state index contributed by atoms with van der Waals surface area (Å²) in [5.41, 5.74) is 7.31. The lowest BCUT2D eigenvalue weighted by Crippen LogP contribution is -2.40. The Morgan fingerprint density at radius 3 is 2.90 bits per heavy atom. The first kappa shape index (κ1) is 14.4. The first-order chi connectivity index (χ1) is 9.78. The molecule has 1 saturated carbocycles. The lowest BCUT2D eigenvalue weighted by atomic mass is 10.1. The van der Waals surface area contributed by atoms with E-state index in [-0.39, 0.29) is 6.03 Å². The average molecular weight is 271 g/mol. The van der Waals surface area contributed by atoms with Crippen molar-refractivity contribution in [2.24, 2.45) is 5.73 Å². The van der Waals surface area contributed by atoms with Crippen LogP contribution < -0.4 is 16.4 Å². The molecular formula is C16H21N3O. The quantitative estimate of drug-likeness (QED) is 0.733. The van der Waals surface area contributed by atoms with E-state index in [1.54, 1.807) is 0 Å². The fourth-order valence-corrected chi connectivity index (χ4v) is 2.40. The molecule has 1 aromatic carbocycles. The number of benzene rings is 1. The van der Waals surface area contributed by atoms with Gasteiger partial charge in [0.2, 0.25) is 0 Å². The summed E-state index contributed by atoms with van der Waals surface area (Å²) in [5, 5.41) is 5.89. The van der Waals surface area contributed by atoms with Gasteiger partial charge in [0.25, 0.3) is 0 Å². The van der Waals surface area contributed by atoms with Crippen LogP contribution in [-0.4, -0.2) is 18.6 Å². The number of urea groups is 1. The second kappa shape index (κ2) is 7.56. The van der Waals surface area contributed by atoms with Crippen LogP contribution >= 0.6 is 0 Å². The highest BCUT2D eigenvalue weighted by atomic mass is 16.2. The molecule has 0 saturated heterocycles. The zero-order valence-electron chi connectivity index (χ0n) is 11.6. The van der Waals surface area contributed by atoms with Gasteiger partial charge in [-0.3, -0.25) is 0 Å². The van der Waals surface area contributed by atoms with Gasteiger partial charge in [-0.1, -0.05) is 36.8 Å². The van der Waals surface area contributed by atoms with Gasteiger partial charge in [0.05, 0.1) is 6.54 Å². The largest absolute Gasteiger partial charge is 0.335 e. The van der Waals surface area contributed by atoms with Crippen molar-refractivity contribution in [2.75, 3.05) is 6.54 Å². The fourth-order valence-electron chi connectivity index (χ4n) is 2.40. The predicted octanol–water partition coefficient (Wildman–Crippen LogP) is 1.74. The number of hydrogen-bond acceptors (Lipinski definition) is 2. The van der Waals surface area contributed by atoms with Crippen LogP contribution in [0.1, 0.15) is 36.8 Å². The van der Waals surface area contributed by atoms with Gasteiger partial charge < -0.3 is 16.4 Å². The van der Waals surface area contributed by atoms with Crippen molar-refractivity contribution in [1.29, 1.82) is 0 Å². The van der Waals surface area contributed by atoms with Crippen LogP contribution in [0.2, 0.25) is 0 Å². The third-order valence-corrected chi connectivity index (χ3v) is 3.41. The van der Waals surface area contributed by atoms with E-state index in [2.05, 4.69) is 22.5 Å². The van der Waals surface area contributed by atoms with Crippen LogP contribution in [0.15, 0.2) is 24.3 Å². The van der Waals surface area contributed by atoms with Gasteiger partial charge >= 0.3 is 6.03 Å². The third kappa shape index (κ3) is 4.60. The molecule has 2 rings (SSSR count). The Morgan fingerprint density at radius 1 is 1.35 bits per heavy atom. The minimum atomic E-state index is -0.0876. The summed E-state index contributed by atoms with van der Waals surface area (Å²) in [6.07, 6.45) is 4.62. The molecule has 4 N–H and O–H groups in total. The van der Waals surface area contributed by atoms with E-state index in [9.17, 15) is 4.79 Å². The predicted molar refractivity (Wildman–Crippen MR) is 80.0 cm³/mol. The Kier molecular flexibility index (Phi) is 5.45. The summed E-state index contributed by atoms with van der Waals surface area (Å²) in [6, 6.07) is 8.08. The third-order valence-electron chi connectivity index (χ3n) is 3.41. The normalized spacial score (nSPS) is 14.4. The first-order valence-electron chi connectivity index (χ1n) is 7.10. The van der Waals surface area contributed by atoms with Gasteiger partial charge in [-0.15, -0.1) is 0 Å². The molecule has 0 aliphatic heterocycles. The molecule has 0 spiro atoms. The van der Waals surface area contributed by atoms with Crippen molar-refractivity contribution in [3.8, 4) is 11.8 Å². The number of hydrogen-bond donors (Lipinski definition) is 3. The van der Waals surface area contributed by atoms with E-state index in [4.69, 9.17) is 5.73 Å². The second-order valence-corrected chi connectivity index (χ2v) is 5.01. The molecule has 4 nitrogen and oxygen atoms in total. The lowest BCUT2D eigenvalue weighted by molar-refractivity contribution is 0.236. The van der Waals surface area contributed by atoms with Crippen LogP contribution in [0.25, 0.3) is 0 Å². The molecule has 1 aliphatic carbocycles. The smallest absolute Gasteiger partial charge is 0.315 e. The highest BCUT2D eigenvalue weighted by molar-refractivity contribution is 5.74. The van der Waals surface area contributed by atoms with Crippen LogP contribution in [-0.2, 0) is 6.54 Å². The topological polar surface area (TPSA) is 67.1 Å². The zero-order chi connectivity index (χ0) is 14.2. The molecule has 2 amide bonds. The molecule has 1 aliphatic rings. The van der Waals surface area contributed by atoms with Crippen LogP contribution in [0.3, 0.4) is 0 Å². The van der Waals surface area contributed by atoms with E-state index in [0.29, 0.717) is 19.1 Å². The maximum absolute atomic E-state index is 11.8. The molecule has 20 heavy (non-hydrogen) atoms. The van der Waals surface area contributed by atoms with Gasteiger partial charge in [-0.05, 0) is 30.5 Å². The number of nitrogens with two attached hydrogens (primary N) is 1. The van der Waals surface area contributed by atoms with Crippen LogP contribution in [0, 0.1) is 11.8 Å². The van der Waals surface area contributed by atoms with E-state index >= 15 is 0 Å². The van der Waals surface area contributed by atoms with Crippen molar-refractivity contribution in [1.82, 2.24) is 10.6 Å². The van der Waals surface area contributed by atoms with Gasteiger partial charge in [0.15, 0.2) is 0 Å². The summed E-state index contributed by atoms with van der Waals surface area (Å²) in [5.74, 6) is 5.81. The van der Waals surface area contributed by atoms with E-state index < -0.39 is 0 Å². The number of carbonyl (C=O) groups is 1. The summed E-state index contributed by atoms with van der Waals surface area (Å²) in [7, 11) is 0. The van der Waals surface area contributed by atoms with Gasteiger partial charge in [-0.2, -0.15) is 0 Å². The molecule has 0 unspecified atom stereocenters. The molecular weight excluding hydrogens is 250 g/mol. The maximum Gasteiger partial charge on any atom is 0.315 e. The number of rotatable bonds is 3. The van der Waals surface area contributed by atoms with Crippen LogP contribution in [0.5, 0.6) is 0 Å². The van der Waals surface area contributed by atoms with E-state index in [1.807, 2.05) is 24.3 Å². The number of nitrogens with one attached hydrogen (secondary N) is 2. The van der Waals surface area contributed by atoms with Gasteiger partial charge in [0.1, 0.15) is 0 Å². The summed E-state index contributed by atoms with van der Waals surface area (Å²) >= 11 is 0. The van der Waals surface area contributed by atoms with Crippen LogP contribution in [0.4, 0.5) is 4.79 Å². The maximum atomic E-state index is 11.8. The molecule has 0 radical (unpaired) electrons. The van der Waals surface area contributed by atoms with Crippen molar-refractivity contribution in [3.05, 3.63) is 35.4 Å². The molecule has 0 bridgehead atoms. The summed E-state index contributed by atoms with van der Waals surface area (Å²) < 4.78 is 0. The SMILES string of the molecule is NCC#Cc1cccc(CNC(=O)NC2CCCC2)c1. The number of carbonyl (C=O) groups excluding carboxylic acids is 1. The number of amides is 2. The van der Waals surface area contributed by atoms with Crippen molar-refractivity contribution >= 4 is 6.03 Å². The van der Waals surface area contributed by atoms with E-state index in [1.165, 1.54) is 12.8 Å². The van der Waals surface area contributed by atoms with Crippen molar-refractivity contribution < 1.29 is 4.79 Å². The van der Waals surface area contributed by atoms with Crippen molar-refractivity contribution in [2.45, 2.75) is 38.3 Å². The van der Waals surface area contributed by atoms with Gasteiger partial charge in [-0.25, -0.2) is 4.79 Å². The molecule has 4 heteroatoms. The van der Waals surface area contributed by atoms with E-state index in [0.717, 1.165) is 24.0 Å². The highest BCUT2D eigenvalue weighted by Gasteiger charge is 2.16. The Bertz CT molecular complexity index is 510. The average Bonchev–Trinajstić information content (AvgIpc) is 2.96. The summed E-state index contributed by atoms with van der Waals surface area (Å²) in [4.78, 5) is 11.8. The minimum absolute atomic E-state index is 0.0876. The zero-order valence-corrected chi connectivity index (χ0v) is 11.6. The van der Waals surface area contributed by atoms with Crippen molar-refractivity contribution in [3.63, 3.8) is 0 Å². The molecule has 1 aromatic rings. The Morgan fingerprint density at radius 2 is 2.15 bits per heavy atom. The Labute approximate surface area is 120 Å². The standard InChI is InChI=1S/C16H21N3O/c17-10-4-7-13-5-3-6-14(11-13)12-18-16(20)19-15-8-1-2-9-15/h3,5-6,11,15H,1-2,8-10,12,17H2,(H2,18,19,20). The first-order valence-corrected chi connectivity index (χ1v) is 7.10. The van der Waals surface area contributed by atoms with Gasteiger partial charge in [0, 0.05) is 18.2 Å². The fraction of sp³-hybridized carbons (Fsp3) is 0.438. The molecule has 106 valence electrons. The highest BCUT2D eigenvalue weighted by Crippen LogP contribution is 2.17. The molecule has 0 atom stereocenters. The minimum Gasteiger partial charge on any atom is -0.335 e. The monoisotopic (exact) mass is 271 g/mol. The lowest BCUT2D eigenvalue weighted by Gasteiger charge is -2.13. The Hall–Kier alpha value is -1.99. The molecule has 0 heterocycles. The second-order valence-electron chi connectivity index (χ2n) is 5.01. The molecule has 0 aromatic heterocycles.